The van der Waals surface area contributed by atoms with E-state index >= 15 is 0 Å². The molecule has 1 aliphatic carbocycles. The minimum atomic E-state index is 0. The van der Waals surface area contributed by atoms with E-state index < -0.39 is 0 Å². The third-order valence-corrected chi connectivity index (χ3v) is 4.14. The summed E-state index contributed by atoms with van der Waals surface area (Å²) in [6.07, 6.45) is 6.70. The van der Waals surface area contributed by atoms with Crippen LogP contribution >= 0.6 is 24.0 Å². The molecule has 1 aromatic rings. The number of nitrogens with zero attached hydrogens (tertiary/aromatic N) is 1. The van der Waals surface area contributed by atoms with Crippen molar-refractivity contribution in [3.05, 3.63) is 29.8 Å². The molecule has 0 amide bonds. The van der Waals surface area contributed by atoms with Gasteiger partial charge in [-0.25, -0.2) is 4.99 Å². The molecular formula is C19H32IN3O2. The topological polar surface area (TPSA) is 54.9 Å². The lowest BCUT2D eigenvalue weighted by atomic mass is 9.98. The first-order chi connectivity index (χ1) is 11.8. The van der Waals surface area contributed by atoms with E-state index in [0.717, 1.165) is 24.8 Å². The molecule has 5 nitrogen and oxygen atoms in total. The zero-order chi connectivity index (χ0) is 17.0. The minimum absolute atomic E-state index is 0. The summed E-state index contributed by atoms with van der Waals surface area (Å²) in [6, 6.07) is 8.32. The highest BCUT2D eigenvalue weighted by Crippen LogP contribution is 2.23. The summed E-state index contributed by atoms with van der Waals surface area (Å²) in [4.78, 5) is 4.60. The van der Waals surface area contributed by atoms with Crippen LogP contribution in [-0.2, 0) is 11.3 Å². The molecule has 0 saturated heterocycles. The van der Waals surface area contributed by atoms with Crippen LogP contribution in [0.15, 0.2) is 29.3 Å². The predicted molar refractivity (Wildman–Crippen MR) is 114 cm³/mol. The number of nitrogens with one attached hydrogen (secondary N) is 2. The first kappa shape index (κ1) is 22.0. The molecule has 2 N–H and O–H groups in total. The van der Waals surface area contributed by atoms with E-state index in [9.17, 15) is 0 Å². The van der Waals surface area contributed by atoms with Gasteiger partial charge in [-0.15, -0.1) is 24.0 Å². The van der Waals surface area contributed by atoms with Gasteiger partial charge in [-0.1, -0.05) is 18.6 Å². The monoisotopic (exact) mass is 461 g/mol. The summed E-state index contributed by atoms with van der Waals surface area (Å²) in [6.45, 7) is 4.96. The second-order valence-electron chi connectivity index (χ2n) is 6.14. The van der Waals surface area contributed by atoms with E-state index in [1.54, 1.807) is 7.11 Å². The van der Waals surface area contributed by atoms with Gasteiger partial charge < -0.3 is 20.1 Å². The fourth-order valence-electron chi connectivity index (χ4n) is 2.83. The number of rotatable bonds is 8. The molecule has 1 aliphatic rings. The number of hydrogen-bond donors (Lipinski definition) is 2. The van der Waals surface area contributed by atoms with Gasteiger partial charge in [0.1, 0.15) is 5.75 Å². The Balaban J connectivity index is 0.00000312. The van der Waals surface area contributed by atoms with Crippen molar-refractivity contribution in [1.82, 2.24) is 10.6 Å². The van der Waals surface area contributed by atoms with Gasteiger partial charge in [0.25, 0.3) is 0 Å². The molecule has 0 spiro atoms. The van der Waals surface area contributed by atoms with Gasteiger partial charge in [0, 0.05) is 20.2 Å². The largest absolute Gasteiger partial charge is 0.490 e. The lowest BCUT2D eigenvalue weighted by Gasteiger charge is -2.23. The van der Waals surface area contributed by atoms with Gasteiger partial charge in [-0.05, 0) is 50.3 Å². The van der Waals surface area contributed by atoms with Gasteiger partial charge in [-0.3, -0.25) is 0 Å². The molecule has 0 aliphatic heterocycles. The summed E-state index contributed by atoms with van der Waals surface area (Å²) < 4.78 is 11.1. The lowest BCUT2D eigenvalue weighted by molar-refractivity contribution is 0.155. The molecule has 1 saturated carbocycles. The Morgan fingerprint density at radius 2 is 1.84 bits per heavy atom. The van der Waals surface area contributed by atoms with Crippen LogP contribution in [0.3, 0.4) is 0 Å². The van der Waals surface area contributed by atoms with E-state index in [1.165, 1.54) is 37.7 Å². The molecule has 0 radical (unpaired) electrons. The van der Waals surface area contributed by atoms with Crippen molar-refractivity contribution >= 4 is 29.9 Å². The van der Waals surface area contributed by atoms with Crippen LogP contribution in [-0.4, -0.2) is 38.9 Å². The fourth-order valence-corrected chi connectivity index (χ4v) is 2.83. The molecule has 1 fully saturated rings. The number of aliphatic imine (C=N–C) groups is 1. The number of hydrogen-bond acceptors (Lipinski definition) is 3. The van der Waals surface area contributed by atoms with Crippen molar-refractivity contribution in [2.75, 3.05) is 26.8 Å². The molecular weight excluding hydrogens is 429 g/mol. The van der Waals surface area contributed by atoms with Crippen molar-refractivity contribution in [2.45, 2.75) is 51.7 Å². The van der Waals surface area contributed by atoms with E-state index in [4.69, 9.17) is 9.47 Å². The summed E-state index contributed by atoms with van der Waals surface area (Å²) in [7, 11) is 1.70. The predicted octanol–water partition coefficient (Wildman–Crippen LogP) is 3.72. The molecule has 0 bridgehead atoms. The van der Waals surface area contributed by atoms with Crippen LogP contribution in [0.2, 0.25) is 0 Å². The van der Waals surface area contributed by atoms with E-state index in [0.29, 0.717) is 19.3 Å². The third-order valence-electron chi connectivity index (χ3n) is 4.14. The van der Waals surface area contributed by atoms with Gasteiger partial charge in [-0.2, -0.15) is 0 Å². The number of guanidine groups is 1. The number of methoxy groups -OCH3 is 1. The van der Waals surface area contributed by atoms with Crippen molar-refractivity contribution in [2.24, 2.45) is 4.99 Å². The average molecular weight is 461 g/mol. The number of benzene rings is 1. The second kappa shape index (κ2) is 13.2. The quantitative estimate of drug-likeness (QED) is 0.268. The molecule has 1 aromatic carbocycles. The van der Waals surface area contributed by atoms with Crippen molar-refractivity contribution in [1.29, 1.82) is 0 Å². The highest BCUT2D eigenvalue weighted by molar-refractivity contribution is 14.0. The van der Waals surface area contributed by atoms with Crippen LogP contribution in [0.25, 0.3) is 0 Å². The summed E-state index contributed by atoms with van der Waals surface area (Å²) in [5, 5.41) is 6.48. The van der Waals surface area contributed by atoms with Crippen LogP contribution in [0.4, 0.5) is 0 Å². The number of ether oxygens (including phenoxy) is 2. The van der Waals surface area contributed by atoms with Crippen LogP contribution in [0, 0.1) is 0 Å². The highest BCUT2D eigenvalue weighted by Gasteiger charge is 2.14. The van der Waals surface area contributed by atoms with Gasteiger partial charge in [0.2, 0.25) is 0 Å². The molecule has 25 heavy (non-hydrogen) atoms. The summed E-state index contributed by atoms with van der Waals surface area (Å²) in [5.74, 6) is 1.79. The van der Waals surface area contributed by atoms with Crippen molar-refractivity contribution in [3.63, 3.8) is 0 Å². The number of halogens is 1. The Bertz CT molecular complexity index is 488. The fraction of sp³-hybridized carbons (Fsp3) is 0.632. The molecule has 0 atom stereocenters. The van der Waals surface area contributed by atoms with Crippen LogP contribution in [0.5, 0.6) is 5.75 Å². The first-order valence-electron chi connectivity index (χ1n) is 9.08. The highest BCUT2D eigenvalue weighted by atomic mass is 127. The zero-order valence-electron chi connectivity index (χ0n) is 15.4. The smallest absolute Gasteiger partial charge is 0.191 e. The molecule has 0 heterocycles. The first-order valence-corrected chi connectivity index (χ1v) is 9.08. The summed E-state index contributed by atoms with van der Waals surface area (Å²) in [5.41, 5.74) is 1.18. The lowest BCUT2D eigenvalue weighted by Crippen LogP contribution is -2.38. The van der Waals surface area contributed by atoms with Gasteiger partial charge in [0.15, 0.2) is 5.96 Å². The molecule has 6 heteroatoms. The second-order valence-corrected chi connectivity index (χ2v) is 6.14. The summed E-state index contributed by atoms with van der Waals surface area (Å²) >= 11 is 0. The zero-order valence-corrected chi connectivity index (χ0v) is 17.8. The molecule has 0 unspecified atom stereocenters. The van der Waals surface area contributed by atoms with E-state index in [2.05, 4.69) is 46.8 Å². The Morgan fingerprint density at radius 3 is 2.48 bits per heavy atom. The van der Waals surface area contributed by atoms with Crippen LogP contribution in [0.1, 0.15) is 44.6 Å². The van der Waals surface area contributed by atoms with E-state index in [1.807, 2.05) is 0 Å². The van der Waals surface area contributed by atoms with Gasteiger partial charge >= 0.3 is 0 Å². The molecule has 142 valence electrons. The Morgan fingerprint density at radius 1 is 1.12 bits per heavy atom. The SMILES string of the molecule is CCNC(=NCc1ccc(OC2CCCCC2)cc1)NCCOC.I. The standard InChI is InChI=1S/C19H31N3O2.HI/c1-3-20-19(21-13-14-23-2)22-15-16-9-11-18(12-10-16)24-17-7-5-4-6-8-17;/h9-12,17H,3-8,13-15H2,1-2H3,(H2,20,21,22);1H. The van der Waals surface area contributed by atoms with Gasteiger partial charge in [0.05, 0.1) is 19.3 Å². The molecule has 0 aromatic heterocycles. The average Bonchev–Trinajstić information content (AvgIpc) is 2.62. The van der Waals surface area contributed by atoms with E-state index in [-0.39, 0.29) is 24.0 Å². The Hall–Kier alpha value is -1.02. The van der Waals surface area contributed by atoms with Crippen molar-refractivity contribution in [3.8, 4) is 5.75 Å². The normalized spacial score (nSPS) is 15.4. The maximum absolute atomic E-state index is 6.07. The maximum atomic E-state index is 6.07. The van der Waals surface area contributed by atoms with Crippen molar-refractivity contribution < 1.29 is 9.47 Å². The van der Waals surface area contributed by atoms with Crippen LogP contribution < -0.4 is 15.4 Å². The Kier molecular flexibility index (Phi) is 11.6. The Labute approximate surface area is 169 Å². The minimum Gasteiger partial charge on any atom is -0.490 e. The molecule has 2 rings (SSSR count). The third kappa shape index (κ3) is 8.76. The maximum Gasteiger partial charge on any atom is 0.191 e.